The first-order chi connectivity index (χ1) is 14.4. The molecule has 7 heteroatoms. The summed E-state index contributed by atoms with van der Waals surface area (Å²) >= 11 is 1.53. The molecule has 0 unspecified atom stereocenters. The Morgan fingerprint density at radius 2 is 2.10 bits per heavy atom. The van der Waals surface area contributed by atoms with Crippen molar-refractivity contribution in [2.24, 2.45) is 10.9 Å². The average Bonchev–Trinajstić information content (AvgIpc) is 2.71. The van der Waals surface area contributed by atoms with Gasteiger partial charge in [-0.05, 0) is 37.0 Å². The van der Waals surface area contributed by atoms with Gasteiger partial charge < -0.3 is 9.47 Å². The van der Waals surface area contributed by atoms with Gasteiger partial charge in [0.1, 0.15) is 12.4 Å². The fourth-order valence-electron chi connectivity index (χ4n) is 3.34. The van der Waals surface area contributed by atoms with Crippen LogP contribution in [0.2, 0.25) is 0 Å². The predicted molar refractivity (Wildman–Crippen MR) is 119 cm³/mol. The number of benzene rings is 1. The molecule has 2 aliphatic heterocycles. The van der Waals surface area contributed by atoms with Gasteiger partial charge in [-0.1, -0.05) is 50.4 Å². The van der Waals surface area contributed by atoms with Crippen LogP contribution in [0.4, 0.5) is 0 Å². The fourth-order valence-corrected chi connectivity index (χ4v) is 4.35. The minimum Gasteiger partial charge on any atom is -0.494 e. The van der Waals surface area contributed by atoms with Crippen LogP contribution in [0.5, 0.6) is 5.75 Å². The molecule has 1 atom stereocenters. The molecule has 0 radical (unpaired) electrons. The Hall–Kier alpha value is -2.54. The van der Waals surface area contributed by atoms with Crippen LogP contribution in [-0.2, 0) is 14.3 Å². The van der Waals surface area contributed by atoms with E-state index >= 15 is 0 Å². The Morgan fingerprint density at radius 3 is 2.77 bits per heavy atom. The van der Waals surface area contributed by atoms with Crippen LogP contribution in [-0.4, -0.2) is 40.9 Å². The summed E-state index contributed by atoms with van der Waals surface area (Å²) in [5.41, 5.74) is 1.77. The van der Waals surface area contributed by atoms with Gasteiger partial charge in [0.15, 0.2) is 5.17 Å². The normalized spacial score (nSPS) is 18.8. The standard InChI is InChI=1S/C23H28N2O4S/c1-5-12-29-22(27)20-16(4)24-23-25(19(26)11-14-30-23)21(20)17-6-8-18(9-7-17)28-13-10-15(2)3/h5-9,15,21H,1,10-14H2,2-4H3/t21-/m1/s1. The zero-order chi connectivity index (χ0) is 21.7. The summed E-state index contributed by atoms with van der Waals surface area (Å²) in [5.74, 6) is 1.49. The maximum Gasteiger partial charge on any atom is 0.338 e. The summed E-state index contributed by atoms with van der Waals surface area (Å²) in [4.78, 5) is 31.8. The van der Waals surface area contributed by atoms with Crippen LogP contribution >= 0.6 is 11.8 Å². The number of aliphatic imine (C=N–C) groups is 1. The zero-order valence-electron chi connectivity index (χ0n) is 17.7. The van der Waals surface area contributed by atoms with Crippen molar-refractivity contribution in [2.75, 3.05) is 19.0 Å². The Balaban J connectivity index is 1.93. The minimum absolute atomic E-state index is 0.0451. The van der Waals surface area contributed by atoms with E-state index in [1.807, 2.05) is 24.3 Å². The minimum atomic E-state index is -0.570. The van der Waals surface area contributed by atoms with Crippen molar-refractivity contribution in [3.63, 3.8) is 0 Å². The number of carbonyl (C=O) groups is 2. The number of rotatable bonds is 8. The molecular formula is C23H28N2O4S. The van der Waals surface area contributed by atoms with Gasteiger partial charge in [-0.15, -0.1) is 0 Å². The van der Waals surface area contributed by atoms with E-state index in [0.717, 1.165) is 17.7 Å². The average molecular weight is 429 g/mol. The number of hydrogen-bond acceptors (Lipinski definition) is 6. The van der Waals surface area contributed by atoms with E-state index in [4.69, 9.17) is 9.47 Å². The van der Waals surface area contributed by atoms with E-state index < -0.39 is 12.0 Å². The van der Waals surface area contributed by atoms with Gasteiger partial charge >= 0.3 is 5.97 Å². The fraction of sp³-hybridized carbons (Fsp3) is 0.435. The molecule has 0 bridgehead atoms. The van der Waals surface area contributed by atoms with E-state index in [1.165, 1.54) is 17.8 Å². The van der Waals surface area contributed by atoms with Crippen LogP contribution in [0.15, 0.2) is 53.2 Å². The van der Waals surface area contributed by atoms with Crippen LogP contribution in [0, 0.1) is 5.92 Å². The molecule has 6 nitrogen and oxygen atoms in total. The van der Waals surface area contributed by atoms with Gasteiger partial charge in [0.05, 0.1) is 23.9 Å². The van der Waals surface area contributed by atoms with E-state index in [-0.39, 0.29) is 12.5 Å². The third kappa shape index (κ3) is 4.95. The number of esters is 1. The van der Waals surface area contributed by atoms with E-state index in [9.17, 15) is 9.59 Å². The Labute approximate surface area is 182 Å². The number of allylic oxidation sites excluding steroid dienone is 1. The van der Waals surface area contributed by atoms with Gasteiger partial charge in [0.2, 0.25) is 5.91 Å². The zero-order valence-corrected chi connectivity index (χ0v) is 18.5. The van der Waals surface area contributed by atoms with Crippen molar-refractivity contribution in [2.45, 2.75) is 39.7 Å². The molecule has 2 aliphatic rings. The first-order valence-electron chi connectivity index (χ1n) is 10.2. The Bertz CT molecular complexity index is 874. The van der Waals surface area contributed by atoms with Crippen molar-refractivity contribution < 1.29 is 19.1 Å². The quantitative estimate of drug-likeness (QED) is 0.451. The van der Waals surface area contributed by atoms with Crippen LogP contribution in [0.3, 0.4) is 0 Å². The summed E-state index contributed by atoms with van der Waals surface area (Å²) in [5, 5.41) is 0.631. The number of amides is 1. The highest BCUT2D eigenvalue weighted by Gasteiger charge is 2.41. The predicted octanol–water partition coefficient (Wildman–Crippen LogP) is 4.49. The number of amidine groups is 1. The highest BCUT2D eigenvalue weighted by atomic mass is 32.2. The van der Waals surface area contributed by atoms with E-state index in [0.29, 0.717) is 41.1 Å². The van der Waals surface area contributed by atoms with E-state index in [1.54, 1.807) is 11.8 Å². The molecule has 3 rings (SSSR count). The lowest BCUT2D eigenvalue weighted by Gasteiger charge is -2.38. The molecule has 1 aromatic rings. The summed E-state index contributed by atoms with van der Waals surface area (Å²) in [6.07, 6.45) is 2.90. The molecule has 1 amide bonds. The van der Waals surface area contributed by atoms with Crippen molar-refractivity contribution in [3.05, 3.63) is 53.8 Å². The molecule has 1 fully saturated rings. The molecule has 1 aromatic carbocycles. The van der Waals surface area contributed by atoms with Gasteiger partial charge in [0.25, 0.3) is 0 Å². The van der Waals surface area contributed by atoms with E-state index in [2.05, 4.69) is 25.4 Å². The topological polar surface area (TPSA) is 68.2 Å². The number of fused-ring (bicyclic) bond motifs is 1. The summed E-state index contributed by atoms with van der Waals surface area (Å²) in [6.45, 7) is 10.4. The molecule has 0 saturated carbocycles. The van der Waals surface area contributed by atoms with Gasteiger partial charge in [0, 0.05) is 12.2 Å². The molecule has 0 aliphatic carbocycles. The summed E-state index contributed by atoms with van der Waals surface area (Å²) < 4.78 is 11.1. The lowest BCUT2D eigenvalue weighted by molar-refractivity contribution is -0.139. The molecule has 1 saturated heterocycles. The highest BCUT2D eigenvalue weighted by molar-refractivity contribution is 8.14. The van der Waals surface area contributed by atoms with Crippen molar-refractivity contribution >= 4 is 28.8 Å². The van der Waals surface area contributed by atoms with Crippen LogP contribution in [0.1, 0.15) is 45.2 Å². The summed E-state index contributed by atoms with van der Waals surface area (Å²) in [7, 11) is 0. The van der Waals surface area contributed by atoms with Gasteiger partial charge in [-0.3, -0.25) is 9.69 Å². The molecule has 30 heavy (non-hydrogen) atoms. The van der Waals surface area contributed by atoms with Gasteiger partial charge in [-0.25, -0.2) is 9.79 Å². The third-order valence-corrected chi connectivity index (χ3v) is 5.87. The van der Waals surface area contributed by atoms with Crippen molar-refractivity contribution in [3.8, 4) is 5.75 Å². The second-order valence-electron chi connectivity index (χ2n) is 7.65. The lowest BCUT2D eigenvalue weighted by atomic mass is 9.94. The highest BCUT2D eigenvalue weighted by Crippen LogP contribution is 2.40. The second-order valence-corrected chi connectivity index (χ2v) is 8.71. The molecule has 0 aromatic heterocycles. The number of thioether (sulfide) groups is 1. The molecular weight excluding hydrogens is 400 g/mol. The molecule has 2 heterocycles. The maximum atomic E-state index is 12.8. The first kappa shape index (κ1) is 22.2. The number of carbonyl (C=O) groups excluding carboxylic acids is 2. The number of ether oxygens (including phenoxy) is 2. The maximum absolute atomic E-state index is 12.8. The van der Waals surface area contributed by atoms with Crippen LogP contribution < -0.4 is 4.74 Å². The monoisotopic (exact) mass is 428 g/mol. The Morgan fingerprint density at radius 1 is 1.37 bits per heavy atom. The molecule has 160 valence electrons. The largest absolute Gasteiger partial charge is 0.494 e. The second kappa shape index (κ2) is 9.98. The lowest BCUT2D eigenvalue weighted by Crippen LogP contribution is -2.45. The molecule has 0 N–H and O–H groups in total. The third-order valence-electron chi connectivity index (χ3n) is 4.92. The number of nitrogens with zero attached hydrogens (tertiary/aromatic N) is 2. The first-order valence-corrected chi connectivity index (χ1v) is 11.2. The van der Waals surface area contributed by atoms with Gasteiger partial charge in [-0.2, -0.15) is 0 Å². The van der Waals surface area contributed by atoms with Crippen molar-refractivity contribution in [1.82, 2.24) is 4.90 Å². The smallest absolute Gasteiger partial charge is 0.338 e. The van der Waals surface area contributed by atoms with Crippen LogP contribution in [0.25, 0.3) is 0 Å². The number of hydrogen-bond donors (Lipinski definition) is 0. The summed E-state index contributed by atoms with van der Waals surface area (Å²) in [6, 6.07) is 6.99. The molecule has 0 spiro atoms. The Kier molecular flexibility index (Phi) is 7.37. The SMILES string of the molecule is C=CCOC(=O)C1=C(C)N=C2SCCC(=O)N2[C@@H]1c1ccc(OCCC(C)C)cc1. The van der Waals surface area contributed by atoms with Crippen molar-refractivity contribution in [1.29, 1.82) is 0 Å².